The first-order valence-electron chi connectivity index (χ1n) is 6.30. The Morgan fingerprint density at radius 2 is 2.06 bits per heavy atom. The molecule has 100 valence electrons. The van der Waals surface area contributed by atoms with Crippen molar-refractivity contribution in [1.82, 2.24) is 0 Å². The highest BCUT2D eigenvalue weighted by Gasteiger charge is 2.35. The summed E-state index contributed by atoms with van der Waals surface area (Å²) in [5.74, 6) is 0.971. The van der Waals surface area contributed by atoms with Gasteiger partial charge in [0.25, 0.3) is 0 Å². The summed E-state index contributed by atoms with van der Waals surface area (Å²) in [7, 11) is -1.23. The van der Waals surface area contributed by atoms with Crippen molar-refractivity contribution in [3.05, 3.63) is 23.7 Å². The van der Waals surface area contributed by atoms with Gasteiger partial charge in [0.1, 0.15) is 16.7 Å². The van der Waals surface area contributed by atoms with Crippen LogP contribution in [0.3, 0.4) is 0 Å². The van der Waals surface area contributed by atoms with Gasteiger partial charge in [0, 0.05) is 17.4 Å². The smallest absolute Gasteiger partial charge is 0.145 e. The monoisotopic (exact) mass is 267 g/mol. The lowest BCUT2D eigenvalue weighted by molar-refractivity contribution is 0.415. The Morgan fingerprint density at radius 3 is 2.67 bits per heavy atom. The van der Waals surface area contributed by atoms with E-state index in [1.807, 2.05) is 26.8 Å². The third kappa shape index (κ3) is 2.44. The maximum atomic E-state index is 12.2. The second kappa shape index (κ2) is 4.34. The Balaban J connectivity index is 2.48. The van der Waals surface area contributed by atoms with Gasteiger partial charge in [0.15, 0.2) is 0 Å². The minimum absolute atomic E-state index is 0.0439. The molecule has 0 N–H and O–H groups in total. The average molecular weight is 267 g/mol. The van der Waals surface area contributed by atoms with Crippen molar-refractivity contribution in [2.75, 3.05) is 0 Å². The minimum atomic E-state index is -1.23. The number of rotatable bonds is 1. The molecule has 0 fully saturated rings. The molecule has 2 rings (SSSR count). The van der Waals surface area contributed by atoms with Crippen molar-refractivity contribution in [3.63, 3.8) is 0 Å². The fourth-order valence-electron chi connectivity index (χ4n) is 2.05. The number of furan rings is 1. The molecule has 1 atom stereocenters. The zero-order valence-electron chi connectivity index (χ0n) is 11.7. The number of hydrogen-bond acceptors (Lipinski definition) is 2. The van der Waals surface area contributed by atoms with Gasteiger partial charge in [-0.15, -0.1) is 0 Å². The summed E-state index contributed by atoms with van der Waals surface area (Å²) in [4.78, 5) is 0. The van der Waals surface area contributed by atoms with Crippen LogP contribution < -0.4 is 0 Å². The maximum absolute atomic E-state index is 12.2. The maximum Gasteiger partial charge on any atom is 0.145 e. The highest BCUT2D eigenvalue weighted by atomic mass is 32.2. The van der Waals surface area contributed by atoms with Crippen LogP contribution in [-0.2, 0) is 17.4 Å². The van der Waals surface area contributed by atoms with Crippen LogP contribution in [0.4, 0.5) is 0 Å². The van der Waals surface area contributed by atoms with E-state index in [9.17, 15) is 4.21 Å². The molecule has 1 aromatic rings. The molecule has 0 aromatic carbocycles. The van der Waals surface area contributed by atoms with Crippen LogP contribution in [0.25, 0.3) is 0 Å². The fraction of sp³-hybridized carbons (Fsp3) is 0.643. The molecule has 0 bridgehead atoms. The van der Waals surface area contributed by atoms with Crippen molar-refractivity contribution in [1.29, 1.82) is 0 Å². The molecule has 18 heavy (non-hydrogen) atoms. The van der Waals surface area contributed by atoms with Crippen LogP contribution >= 0.6 is 0 Å². The van der Waals surface area contributed by atoms with Crippen LogP contribution in [-0.4, -0.2) is 14.7 Å². The number of nitrogens with zero attached hydrogens (tertiary/aromatic N) is 1. The van der Waals surface area contributed by atoms with Crippen molar-refractivity contribution in [2.45, 2.75) is 52.2 Å². The molecule has 1 heterocycles. The molecule has 0 spiro atoms. The van der Waals surface area contributed by atoms with E-state index in [0.717, 1.165) is 29.9 Å². The highest BCUT2D eigenvalue weighted by Crippen LogP contribution is 2.36. The van der Waals surface area contributed by atoms with Crippen molar-refractivity contribution in [2.24, 2.45) is 9.81 Å². The Hall–Kier alpha value is -0.900. The zero-order chi connectivity index (χ0) is 13.6. The van der Waals surface area contributed by atoms with Gasteiger partial charge in [-0.3, -0.25) is 0 Å². The van der Waals surface area contributed by atoms with Crippen LogP contribution in [0.1, 0.15) is 52.4 Å². The number of fused-ring (bicyclic) bond motifs is 1. The second-order valence-electron chi connectivity index (χ2n) is 6.44. The standard InChI is InChI=1S/C14H21NO2S/c1-13(2,3)18(16)15-12-10-7-9-17-11(10)6-8-14(12,4)5/h7,9H,6,8H2,1-5H3. The van der Waals surface area contributed by atoms with E-state index in [4.69, 9.17) is 4.42 Å². The molecule has 1 unspecified atom stereocenters. The molecular formula is C14H21NO2S. The third-order valence-electron chi connectivity index (χ3n) is 3.32. The summed E-state index contributed by atoms with van der Waals surface area (Å²) in [5.41, 5.74) is 1.91. The summed E-state index contributed by atoms with van der Waals surface area (Å²) >= 11 is 0. The summed E-state index contributed by atoms with van der Waals surface area (Å²) in [5, 5.41) is 0. The van der Waals surface area contributed by atoms with Crippen LogP contribution in [0.2, 0.25) is 0 Å². The predicted octanol–water partition coefficient (Wildman–Crippen LogP) is 3.50. The second-order valence-corrected chi connectivity index (χ2v) is 8.35. The largest absolute Gasteiger partial charge is 0.469 e. The SMILES string of the molecule is CC1(C)CCc2occc2C1=NS(=O)C(C)(C)C. The molecule has 1 aromatic heterocycles. The first-order chi connectivity index (χ1) is 8.22. The van der Waals surface area contributed by atoms with Gasteiger partial charge in [0.2, 0.25) is 0 Å². The quantitative estimate of drug-likeness (QED) is 0.781. The van der Waals surface area contributed by atoms with Crippen molar-refractivity contribution in [3.8, 4) is 0 Å². The lowest BCUT2D eigenvalue weighted by Crippen LogP contribution is -2.32. The molecule has 4 heteroatoms. The van der Waals surface area contributed by atoms with Gasteiger partial charge < -0.3 is 4.42 Å². The van der Waals surface area contributed by atoms with Crippen molar-refractivity contribution >= 4 is 16.7 Å². The molecular weight excluding hydrogens is 246 g/mol. The van der Waals surface area contributed by atoms with Gasteiger partial charge in [-0.1, -0.05) is 13.8 Å². The molecule has 0 radical (unpaired) electrons. The summed E-state index contributed by atoms with van der Waals surface area (Å²) < 4.78 is 21.9. The van der Waals surface area contributed by atoms with E-state index in [1.165, 1.54) is 0 Å². The Bertz CT molecular complexity index is 506. The summed E-state index contributed by atoms with van der Waals surface area (Å²) in [6.45, 7) is 10.1. The fourth-order valence-corrected chi connectivity index (χ4v) is 2.83. The lowest BCUT2D eigenvalue weighted by atomic mass is 9.75. The van der Waals surface area contributed by atoms with E-state index in [2.05, 4.69) is 18.2 Å². The molecule has 0 amide bonds. The van der Waals surface area contributed by atoms with Gasteiger partial charge in [-0.05, 0) is 33.3 Å². The van der Waals surface area contributed by atoms with Gasteiger partial charge in [0.05, 0.1) is 16.7 Å². The van der Waals surface area contributed by atoms with Crippen LogP contribution in [0.15, 0.2) is 21.1 Å². The summed E-state index contributed by atoms with van der Waals surface area (Å²) in [6, 6.07) is 1.94. The minimum Gasteiger partial charge on any atom is -0.469 e. The van der Waals surface area contributed by atoms with Crippen LogP contribution in [0.5, 0.6) is 0 Å². The van der Waals surface area contributed by atoms with Crippen molar-refractivity contribution < 1.29 is 8.63 Å². The Morgan fingerprint density at radius 1 is 1.39 bits per heavy atom. The predicted molar refractivity (Wildman–Crippen MR) is 75.2 cm³/mol. The van der Waals surface area contributed by atoms with Gasteiger partial charge >= 0.3 is 0 Å². The van der Waals surface area contributed by atoms with E-state index in [0.29, 0.717) is 0 Å². The van der Waals surface area contributed by atoms with E-state index in [-0.39, 0.29) is 10.2 Å². The molecule has 1 aliphatic rings. The van der Waals surface area contributed by atoms with Gasteiger partial charge in [-0.25, -0.2) is 4.21 Å². The molecule has 0 aliphatic heterocycles. The molecule has 0 saturated carbocycles. The Kier molecular flexibility index (Phi) is 3.26. The zero-order valence-corrected chi connectivity index (χ0v) is 12.6. The number of hydrogen-bond donors (Lipinski definition) is 0. The lowest BCUT2D eigenvalue weighted by Gasteiger charge is -2.31. The average Bonchev–Trinajstić information content (AvgIpc) is 2.68. The van der Waals surface area contributed by atoms with Crippen LogP contribution in [0, 0.1) is 5.41 Å². The summed E-state index contributed by atoms with van der Waals surface area (Å²) in [6.07, 6.45) is 3.60. The first-order valence-corrected chi connectivity index (χ1v) is 7.40. The molecule has 1 aliphatic carbocycles. The topological polar surface area (TPSA) is 42.6 Å². The van der Waals surface area contributed by atoms with E-state index < -0.39 is 11.0 Å². The molecule has 3 nitrogen and oxygen atoms in total. The highest BCUT2D eigenvalue weighted by molar-refractivity contribution is 7.85. The van der Waals surface area contributed by atoms with Gasteiger partial charge in [-0.2, -0.15) is 4.40 Å². The third-order valence-corrected chi connectivity index (χ3v) is 4.71. The number of aryl methyl sites for hydroxylation is 1. The van der Waals surface area contributed by atoms with E-state index in [1.54, 1.807) is 6.26 Å². The molecule has 0 saturated heterocycles. The first kappa shape index (κ1) is 13.5. The Labute approximate surface area is 111 Å². The normalized spacial score (nSPS) is 22.8. The van der Waals surface area contributed by atoms with E-state index >= 15 is 0 Å².